The fourth-order valence-electron chi connectivity index (χ4n) is 3.70. The van der Waals surface area contributed by atoms with Crippen LogP contribution < -0.4 is 0 Å². The van der Waals surface area contributed by atoms with Crippen molar-refractivity contribution in [2.75, 3.05) is 0 Å². The molecule has 2 aliphatic carbocycles. The third-order valence-electron chi connectivity index (χ3n) is 4.77. The zero-order valence-electron chi connectivity index (χ0n) is 10.4. The fraction of sp³-hybridized carbons (Fsp3) is 0.533. The molecule has 3 nitrogen and oxygen atoms in total. The van der Waals surface area contributed by atoms with Crippen LogP contribution in [0.5, 0.6) is 0 Å². The Labute approximate surface area is 107 Å². The largest absolute Gasteiger partial charge is 0.458 e. The number of fused-ring (bicyclic) bond motifs is 3. The molecule has 0 radical (unpaired) electrons. The summed E-state index contributed by atoms with van der Waals surface area (Å²) in [6.45, 7) is 12.0. The van der Waals surface area contributed by atoms with Gasteiger partial charge in [-0.05, 0) is 30.8 Å². The lowest BCUT2D eigenvalue weighted by Gasteiger charge is -2.25. The first kappa shape index (κ1) is 11.7. The van der Waals surface area contributed by atoms with Crippen molar-refractivity contribution >= 4 is 5.97 Å². The molecule has 3 heteroatoms. The van der Waals surface area contributed by atoms with Gasteiger partial charge in [-0.15, -0.1) is 0 Å². The van der Waals surface area contributed by atoms with Crippen LogP contribution in [0.4, 0.5) is 0 Å². The van der Waals surface area contributed by atoms with Crippen LogP contribution in [0.2, 0.25) is 0 Å². The Balaban J connectivity index is 2.01. The van der Waals surface area contributed by atoms with Crippen molar-refractivity contribution in [2.24, 2.45) is 17.8 Å². The second-order valence-electron chi connectivity index (χ2n) is 5.66. The Morgan fingerprint density at radius 1 is 1.22 bits per heavy atom. The average molecular weight is 246 g/mol. The van der Waals surface area contributed by atoms with Gasteiger partial charge in [-0.2, -0.15) is 0 Å². The number of carbonyl (C=O) groups excluding carboxylic acids is 1. The van der Waals surface area contributed by atoms with Gasteiger partial charge in [0.2, 0.25) is 0 Å². The summed E-state index contributed by atoms with van der Waals surface area (Å²) in [5.74, 6) is -0.0128. The van der Waals surface area contributed by atoms with Crippen LogP contribution >= 0.6 is 0 Å². The standard InChI is InChI=1S/C15H18O3/c1-7-4-5-10-8(2)15(17)18-14(10)13-9(3)12(16)6-11(7)13/h10-14,16H,1-6H2/t10-,11-,12-,13-,14-/m0/s1. The molecular formula is C15H18O3. The van der Waals surface area contributed by atoms with Gasteiger partial charge in [0.1, 0.15) is 6.10 Å². The third-order valence-corrected chi connectivity index (χ3v) is 4.77. The number of hydrogen-bond donors (Lipinski definition) is 1. The van der Waals surface area contributed by atoms with Gasteiger partial charge in [0, 0.05) is 17.4 Å². The highest BCUT2D eigenvalue weighted by molar-refractivity contribution is 5.91. The summed E-state index contributed by atoms with van der Waals surface area (Å²) < 4.78 is 5.49. The molecule has 0 spiro atoms. The molecule has 1 heterocycles. The Kier molecular flexibility index (Phi) is 2.49. The lowest BCUT2D eigenvalue weighted by molar-refractivity contribution is -0.141. The molecule has 3 aliphatic rings. The summed E-state index contributed by atoms with van der Waals surface area (Å²) >= 11 is 0. The van der Waals surface area contributed by atoms with Gasteiger partial charge in [0.05, 0.1) is 6.10 Å². The maximum atomic E-state index is 11.7. The smallest absolute Gasteiger partial charge is 0.334 e. The van der Waals surface area contributed by atoms with E-state index in [0.717, 1.165) is 24.0 Å². The SMILES string of the molecule is C=C1[C@@H]2[C@H]3OC(=O)C(=C)[C@@H]3CCC(=C)[C@@H]2C[C@@H]1O. The average Bonchev–Trinajstić information content (AvgIpc) is 2.72. The molecule has 2 saturated carbocycles. The van der Waals surface area contributed by atoms with Crippen molar-refractivity contribution in [3.63, 3.8) is 0 Å². The van der Waals surface area contributed by atoms with Crippen LogP contribution in [0.1, 0.15) is 19.3 Å². The number of hydrogen-bond acceptors (Lipinski definition) is 3. The van der Waals surface area contributed by atoms with E-state index in [1.165, 1.54) is 0 Å². The van der Waals surface area contributed by atoms with E-state index < -0.39 is 6.10 Å². The Hall–Kier alpha value is -1.35. The van der Waals surface area contributed by atoms with Crippen LogP contribution in [0.25, 0.3) is 0 Å². The van der Waals surface area contributed by atoms with Crippen LogP contribution in [0.3, 0.4) is 0 Å². The van der Waals surface area contributed by atoms with Gasteiger partial charge in [-0.3, -0.25) is 0 Å². The molecule has 0 bridgehead atoms. The fourth-order valence-corrected chi connectivity index (χ4v) is 3.70. The van der Waals surface area contributed by atoms with E-state index in [1.807, 2.05) is 0 Å². The van der Waals surface area contributed by atoms with Crippen molar-refractivity contribution in [1.82, 2.24) is 0 Å². The first-order valence-corrected chi connectivity index (χ1v) is 6.45. The highest BCUT2D eigenvalue weighted by atomic mass is 16.6. The van der Waals surface area contributed by atoms with Crippen molar-refractivity contribution in [3.8, 4) is 0 Å². The van der Waals surface area contributed by atoms with Crippen LogP contribution in [0.15, 0.2) is 36.5 Å². The lowest BCUT2D eigenvalue weighted by Crippen LogP contribution is -2.29. The summed E-state index contributed by atoms with van der Waals surface area (Å²) in [5, 5.41) is 9.99. The minimum absolute atomic E-state index is 0.0169. The van der Waals surface area contributed by atoms with Crippen molar-refractivity contribution in [2.45, 2.75) is 31.5 Å². The lowest BCUT2D eigenvalue weighted by atomic mass is 9.82. The molecule has 3 fully saturated rings. The second kappa shape index (κ2) is 3.82. The molecule has 0 unspecified atom stereocenters. The number of carbonyl (C=O) groups is 1. The van der Waals surface area contributed by atoms with E-state index in [1.54, 1.807) is 0 Å². The van der Waals surface area contributed by atoms with Crippen LogP contribution in [0, 0.1) is 17.8 Å². The first-order chi connectivity index (χ1) is 8.50. The summed E-state index contributed by atoms with van der Waals surface area (Å²) in [5.41, 5.74) is 2.51. The summed E-state index contributed by atoms with van der Waals surface area (Å²) in [7, 11) is 0. The number of aliphatic hydroxyl groups excluding tert-OH is 1. The topological polar surface area (TPSA) is 46.5 Å². The van der Waals surface area contributed by atoms with Gasteiger partial charge in [-0.25, -0.2) is 4.79 Å². The minimum Gasteiger partial charge on any atom is -0.458 e. The number of aliphatic hydroxyl groups is 1. The maximum absolute atomic E-state index is 11.7. The predicted molar refractivity (Wildman–Crippen MR) is 67.6 cm³/mol. The third kappa shape index (κ3) is 1.43. The van der Waals surface area contributed by atoms with Gasteiger partial charge < -0.3 is 9.84 Å². The highest BCUT2D eigenvalue weighted by Gasteiger charge is 2.52. The number of allylic oxidation sites excluding steroid dienone is 1. The molecule has 1 aliphatic heterocycles. The van der Waals surface area contributed by atoms with E-state index in [4.69, 9.17) is 4.74 Å². The molecule has 96 valence electrons. The molecule has 0 amide bonds. The zero-order chi connectivity index (χ0) is 13.0. The summed E-state index contributed by atoms with van der Waals surface area (Å²) in [4.78, 5) is 11.7. The van der Waals surface area contributed by atoms with Crippen molar-refractivity contribution < 1.29 is 14.6 Å². The van der Waals surface area contributed by atoms with Gasteiger partial charge in [0.25, 0.3) is 0 Å². The first-order valence-electron chi connectivity index (χ1n) is 6.45. The molecule has 0 aromatic rings. The molecule has 1 N–H and O–H groups in total. The van der Waals surface area contributed by atoms with Gasteiger partial charge >= 0.3 is 5.97 Å². The Morgan fingerprint density at radius 3 is 2.67 bits per heavy atom. The number of ether oxygens (including phenoxy) is 1. The molecule has 0 aromatic heterocycles. The maximum Gasteiger partial charge on any atom is 0.334 e. The van der Waals surface area contributed by atoms with Gasteiger partial charge in [-0.1, -0.05) is 25.3 Å². The molecule has 18 heavy (non-hydrogen) atoms. The van der Waals surface area contributed by atoms with Crippen LogP contribution in [-0.2, 0) is 9.53 Å². The Morgan fingerprint density at radius 2 is 1.94 bits per heavy atom. The molecule has 5 atom stereocenters. The summed E-state index contributed by atoms with van der Waals surface area (Å²) in [6.07, 6.45) is 1.71. The quantitative estimate of drug-likeness (QED) is 0.404. The molecule has 0 aromatic carbocycles. The monoisotopic (exact) mass is 246 g/mol. The Bertz CT molecular complexity index is 462. The highest BCUT2D eigenvalue weighted by Crippen LogP contribution is 2.51. The molecule has 3 rings (SSSR count). The van der Waals surface area contributed by atoms with Gasteiger partial charge in [0.15, 0.2) is 0 Å². The van der Waals surface area contributed by atoms with E-state index in [9.17, 15) is 9.90 Å². The van der Waals surface area contributed by atoms with E-state index in [0.29, 0.717) is 12.0 Å². The normalized spacial score (nSPS) is 43.5. The molecule has 1 saturated heterocycles. The van der Waals surface area contributed by atoms with Crippen molar-refractivity contribution in [3.05, 3.63) is 36.5 Å². The van der Waals surface area contributed by atoms with E-state index in [-0.39, 0.29) is 29.8 Å². The minimum atomic E-state index is -0.497. The summed E-state index contributed by atoms with van der Waals surface area (Å²) in [6, 6.07) is 0. The van der Waals surface area contributed by atoms with Crippen LogP contribution in [-0.4, -0.2) is 23.3 Å². The number of rotatable bonds is 0. The second-order valence-corrected chi connectivity index (χ2v) is 5.66. The van der Waals surface area contributed by atoms with E-state index in [2.05, 4.69) is 19.7 Å². The zero-order valence-corrected chi connectivity index (χ0v) is 10.4. The van der Waals surface area contributed by atoms with E-state index >= 15 is 0 Å². The molecular weight excluding hydrogens is 228 g/mol. The predicted octanol–water partition coefficient (Wildman–Crippen LogP) is 1.99. The van der Waals surface area contributed by atoms with Crippen molar-refractivity contribution in [1.29, 1.82) is 0 Å². The number of esters is 1.